The molecular weight excluding hydrogens is 1110 g/mol. The molecule has 12 heteroatoms. The summed E-state index contributed by atoms with van der Waals surface area (Å²) in [5.41, 5.74) is 10.6. The average Bonchev–Trinajstić information content (AvgIpc) is 1.59. The minimum Gasteiger partial charge on any atom is -0.309 e. The van der Waals surface area contributed by atoms with E-state index in [1.54, 1.807) is 30.3 Å². The van der Waals surface area contributed by atoms with E-state index < -0.39 is 23.5 Å². The van der Waals surface area contributed by atoms with Crippen molar-refractivity contribution in [3.8, 4) is 73.9 Å². The van der Waals surface area contributed by atoms with Crippen LogP contribution in [0.3, 0.4) is 0 Å². The quantitative estimate of drug-likeness (QED) is 0.149. The molecule has 0 aliphatic carbocycles. The number of benzene rings is 9. The van der Waals surface area contributed by atoms with E-state index in [0.717, 1.165) is 51.1 Å². The van der Waals surface area contributed by atoms with Crippen LogP contribution >= 0.6 is 0 Å². The summed E-state index contributed by atoms with van der Waals surface area (Å²) in [5, 5.41) is 12.1. The SMILES string of the molecule is CC(C)(C)c1cc(-c2nc(-c3cc(C(C)(C)C)cc(C(C)(C)C)c3)nc(-c3ccc(-n4c5ccccc5c5cc(C(F)(F)F)ccc54)c(-c4ccc(-c5cccc(C#N)c5)cc4-n4c5ccccc5c5cc(C(F)(F)F)ccc54)c3)n2)cc(C(C)(C)C)c1. The van der Waals surface area contributed by atoms with Crippen LogP contribution in [0.15, 0.2) is 182 Å². The second-order valence-electron chi connectivity index (χ2n) is 27.2. The van der Waals surface area contributed by atoms with Crippen molar-refractivity contribution in [2.75, 3.05) is 0 Å². The second kappa shape index (κ2) is 20.9. The molecule has 442 valence electrons. The molecule has 0 saturated heterocycles. The van der Waals surface area contributed by atoms with Crippen molar-refractivity contribution in [3.63, 3.8) is 0 Å². The van der Waals surface area contributed by atoms with Gasteiger partial charge < -0.3 is 9.13 Å². The van der Waals surface area contributed by atoms with Crippen LogP contribution in [0, 0.1) is 11.3 Å². The molecule has 0 unspecified atom stereocenters. The summed E-state index contributed by atoms with van der Waals surface area (Å²) < 4.78 is 92.1. The van der Waals surface area contributed by atoms with Gasteiger partial charge in [0.05, 0.1) is 56.2 Å². The van der Waals surface area contributed by atoms with Crippen molar-refractivity contribution < 1.29 is 26.3 Å². The van der Waals surface area contributed by atoms with Gasteiger partial charge in [-0.1, -0.05) is 156 Å². The van der Waals surface area contributed by atoms with Gasteiger partial charge in [0.25, 0.3) is 0 Å². The van der Waals surface area contributed by atoms with Crippen LogP contribution in [0.2, 0.25) is 0 Å². The smallest absolute Gasteiger partial charge is 0.309 e. The first-order chi connectivity index (χ1) is 41.3. The van der Waals surface area contributed by atoms with E-state index in [9.17, 15) is 31.6 Å². The first-order valence-electron chi connectivity index (χ1n) is 29.4. The monoisotopic (exact) mass is 1180 g/mol. The van der Waals surface area contributed by atoms with Gasteiger partial charge in [-0.25, -0.2) is 15.0 Å². The Kier molecular flexibility index (Phi) is 14.0. The summed E-state index contributed by atoms with van der Waals surface area (Å²) in [7, 11) is 0. The van der Waals surface area contributed by atoms with Gasteiger partial charge >= 0.3 is 12.4 Å². The molecule has 3 heterocycles. The van der Waals surface area contributed by atoms with Crippen LogP contribution in [0.25, 0.3) is 111 Å². The second-order valence-corrected chi connectivity index (χ2v) is 27.2. The number of alkyl halides is 6. The van der Waals surface area contributed by atoms with Crippen molar-refractivity contribution in [2.45, 2.75) is 117 Å². The lowest BCUT2D eigenvalue weighted by atomic mass is 9.79. The maximum Gasteiger partial charge on any atom is 0.416 e. The van der Waals surface area contributed by atoms with Crippen LogP contribution in [-0.4, -0.2) is 24.1 Å². The summed E-state index contributed by atoms with van der Waals surface area (Å²) in [5.74, 6) is 1.26. The number of halogens is 6. The number of hydrogen-bond acceptors (Lipinski definition) is 4. The van der Waals surface area contributed by atoms with Gasteiger partial charge in [0.15, 0.2) is 17.5 Å². The number of nitriles is 1. The molecule has 9 aromatic carbocycles. The Morgan fingerprint density at radius 1 is 0.318 bits per heavy atom. The molecule has 12 aromatic rings. The zero-order chi connectivity index (χ0) is 62.8. The van der Waals surface area contributed by atoms with Crippen LogP contribution in [0.5, 0.6) is 0 Å². The Morgan fingerprint density at radius 2 is 0.727 bits per heavy atom. The van der Waals surface area contributed by atoms with Crippen molar-refractivity contribution in [1.82, 2.24) is 24.1 Å². The van der Waals surface area contributed by atoms with Crippen LogP contribution in [0.4, 0.5) is 26.3 Å². The largest absolute Gasteiger partial charge is 0.416 e. The fraction of sp³-hybridized carbons (Fsp3) is 0.237. The van der Waals surface area contributed by atoms with E-state index in [1.165, 1.54) is 24.3 Å². The number of fused-ring (bicyclic) bond motifs is 6. The van der Waals surface area contributed by atoms with Crippen LogP contribution in [-0.2, 0) is 34.0 Å². The zero-order valence-corrected chi connectivity index (χ0v) is 51.3. The van der Waals surface area contributed by atoms with Gasteiger partial charge in [-0.2, -0.15) is 31.6 Å². The first kappa shape index (κ1) is 59.0. The Morgan fingerprint density at radius 3 is 1.17 bits per heavy atom. The summed E-state index contributed by atoms with van der Waals surface area (Å²) in [4.78, 5) is 16.3. The van der Waals surface area contributed by atoms with E-state index in [4.69, 9.17) is 15.0 Å². The number of para-hydroxylation sites is 2. The predicted molar refractivity (Wildman–Crippen MR) is 345 cm³/mol. The fourth-order valence-corrected chi connectivity index (χ4v) is 11.8. The van der Waals surface area contributed by atoms with Gasteiger partial charge in [-0.05, 0) is 164 Å². The topological polar surface area (TPSA) is 72.3 Å². The number of rotatable bonds is 7. The van der Waals surface area contributed by atoms with Gasteiger partial charge in [-0.3, -0.25) is 0 Å². The molecular formula is C76H66F6N6. The molecule has 0 amide bonds. The molecule has 0 fully saturated rings. The third kappa shape index (κ3) is 10.9. The highest BCUT2D eigenvalue weighted by molar-refractivity contribution is 6.12. The van der Waals surface area contributed by atoms with Crippen molar-refractivity contribution >= 4 is 43.6 Å². The standard InChI is InChI=1S/C76H66F6N6/c1-71(2,3)52-33-48(34-53(39-52)72(4,5)6)69-84-68(85-70(86-69)49-35-54(73(7,8)9)40-55(36-49)74(10,11)12)47-25-29-64(87-62-22-15-13-20-56(62)60-41-50(75(77,78)79)26-30-65(60)87)59(37-47)58-28-24-46(45-19-17-18-44(32-45)43-83)38-67(58)88-63-23-16-14-21-57(63)61-42-51(76(80,81)82)27-31-66(61)88/h13-42H,1-12H3. The Hall–Kier alpha value is -9.34. The van der Waals surface area contributed by atoms with E-state index in [1.807, 2.05) is 88.0 Å². The van der Waals surface area contributed by atoms with Gasteiger partial charge in [0.1, 0.15) is 0 Å². The highest BCUT2D eigenvalue weighted by atomic mass is 19.4. The van der Waals surface area contributed by atoms with Crippen molar-refractivity contribution in [3.05, 3.63) is 221 Å². The minimum absolute atomic E-state index is 0.244. The Balaban J connectivity index is 1.22. The molecule has 0 aliphatic rings. The fourth-order valence-electron chi connectivity index (χ4n) is 11.8. The number of hydrogen-bond donors (Lipinski definition) is 0. The van der Waals surface area contributed by atoms with E-state index >= 15 is 0 Å². The summed E-state index contributed by atoms with van der Waals surface area (Å²) >= 11 is 0. The summed E-state index contributed by atoms with van der Waals surface area (Å²) in [6, 6.07) is 56.7. The molecule has 12 rings (SSSR count). The van der Waals surface area contributed by atoms with Gasteiger partial charge in [-0.15, -0.1) is 0 Å². The predicted octanol–water partition coefficient (Wildman–Crippen LogP) is 21.5. The third-order valence-electron chi connectivity index (χ3n) is 16.8. The van der Waals surface area contributed by atoms with Crippen LogP contribution < -0.4 is 0 Å². The number of nitrogens with zero attached hydrogens (tertiary/aromatic N) is 6. The van der Waals surface area contributed by atoms with Crippen LogP contribution in [0.1, 0.15) is 122 Å². The average molecular weight is 1180 g/mol. The zero-order valence-electron chi connectivity index (χ0n) is 51.3. The lowest BCUT2D eigenvalue weighted by molar-refractivity contribution is -0.138. The molecule has 0 saturated carbocycles. The normalized spacial score (nSPS) is 12.9. The minimum atomic E-state index is -4.63. The lowest BCUT2D eigenvalue weighted by Crippen LogP contribution is -2.17. The maximum absolute atomic E-state index is 14.7. The highest BCUT2D eigenvalue weighted by Crippen LogP contribution is 2.46. The van der Waals surface area contributed by atoms with Crippen molar-refractivity contribution in [1.29, 1.82) is 5.26 Å². The number of aromatic nitrogens is 5. The van der Waals surface area contributed by atoms with E-state index in [-0.39, 0.29) is 21.7 Å². The summed E-state index contributed by atoms with van der Waals surface area (Å²) in [6.45, 7) is 26.3. The molecule has 3 aromatic heterocycles. The highest BCUT2D eigenvalue weighted by Gasteiger charge is 2.34. The molecule has 6 nitrogen and oxygen atoms in total. The Labute approximate surface area is 508 Å². The lowest BCUT2D eigenvalue weighted by Gasteiger charge is -2.26. The molecule has 0 N–H and O–H groups in total. The molecule has 0 atom stereocenters. The maximum atomic E-state index is 14.7. The molecule has 0 radical (unpaired) electrons. The first-order valence-corrected chi connectivity index (χ1v) is 29.4. The van der Waals surface area contributed by atoms with E-state index in [0.29, 0.717) is 100 Å². The van der Waals surface area contributed by atoms with Crippen molar-refractivity contribution in [2.24, 2.45) is 0 Å². The van der Waals surface area contributed by atoms with Gasteiger partial charge in [0, 0.05) is 49.4 Å². The molecule has 0 spiro atoms. The molecule has 88 heavy (non-hydrogen) atoms. The summed E-state index contributed by atoms with van der Waals surface area (Å²) in [6.07, 6.45) is -9.25. The van der Waals surface area contributed by atoms with E-state index in [2.05, 4.69) is 126 Å². The molecule has 0 bridgehead atoms. The third-order valence-corrected chi connectivity index (χ3v) is 16.8. The Bertz CT molecular complexity index is 4670. The van der Waals surface area contributed by atoms with Gasteiger partial charge in [0.2, 0.25) is 0 Å². The molecule has 0 aliphatic heterocycles.